The molecule has 3 N–H and O–H groups in total. The number of benzene rings is 1. The van der Waals surface area contributed by atoms with E-state index in [1.165, 1.54) is 30.3 Å². The fraction of sp³-hybridized carbons (Fsp3) is 0.278. The molecule has 1 aromatic heterocycles. The van der Waals surface area contributed by atoms with Crippen LogP contribution in [0.2, 0.25) is 0 Å². The molecule has 2 rings (SSSR count). The minimum Gasteiger partial charge on any atom is -0.438 e. The summed E-state index contributed by atoms with van der Waals surface area (Å²) in [5.74, 6) is -0.444. The van der Waals surface area contributed by atoms with E-state index in [2.05, 4.69) is 26.2 Å². The first-order valence-electron chi connectivity index (χ1n) is 8.12. The Labute approximate surface area is 164 Å². The number of ether oxygens (including phenoxy) is 2. The van der Waals surface area contributed by atoms with Crippen molar-refractivity contribution in [1.29, 1.82) is 0 Å². The van der Waals surface area contributed by atoms with Crippen molar-refractivity contribution in [1.82, 2.24) is 10.3 Å². The summed E-state index contributed by atoms with van der Waals surface area (Å²) in [5, 5.41) is 2.42. The molecule has 0 radical (unpaired) electrons. The molecule has 0 aliphatic rings. The smallest absolute Gasteiger partial charge is 0.414 e. The largest absolute Gasteiger partial charge is 0.438 e. The number of primary amides is 1. The van der Waals surface area contributed by atoms with Crippen molar-refractivity contribution in [2.45, 2.75) is 26.3 Å². The lowest BCUT2D eigenvalue weighted by Gasteiger charge is -2.17. The van der Waals surface area contributed by atoms with E-state index in [0.717, 1.165) is 0 Å². The van der Waals surface area contributed by atoms with Gasteiger partial charge in [0.1, 0.15) is 17.6 Å². The number of hydrogen-bond acceptors (Lipinski definition) is 5. The van der Waals surface area contributed by atoms with Crippen LogP contribution in [0.3, 0.4) is 0 Å². The van der Waals surface area contributed by atoms with E-state index in [1.54, 1.807) is 6.07 Å². The van der Waals surface area contributed by atoms with Crippen LogP contribution in [0.5, 0.6) is 17.5 Å². The highest BCUT2D eigenvalue weighted by Gasteiger charge is 2.21. The number of pyridine rings is 1. The van der Waals surface area contributed by atoms with Crippen LogP contribution in [-0.2, 0) is 4.79 Å². The van der Waals surface area contributed by atoms with Gasteiger partial charge in [0, 0.05) is 6.07 Å². The summed E-state index contributed by atoms with van der Waals surface area (Å²) in [4.78, 5) is 27.5. The molecular formula is C18H19BrFN3O4. The third-order valence-corrected chi connectivity index (χ3v) is 3.96. The van der Waals surface area contributed by atoms with Gasteiger partial charge in [-0.25, -0.2) is 9.18 Å². The zero-order valence-electron chi connectivity index (χ0n) is 14.7. The van der Waals surface area contributed by atoms with Crippen LogP contribution in [0.4, 0.5) is 9.18 Å². The van der Waals surface area contributed by atoms with E-state index in [0.29, 0.717) is 16.6 Å². The lowest BCUT2D eigenvalue weighted by Crippen LogP contribution is -2.46. The molecule has 1 atom stereocenters. The van der Waals surface area contributed by atoms with Crippen LogP contribution in [0, 0.1) is 11.7 Å². The quantitative estimate of drug-likeness (QED) is 0.683. The molecule has 0 saturated heterocycles. The summed E-state index contributed by atoms with van der Waals surface area (Å²) >= 11 is 3.28. The van der Waals surface area contributed by atoms with E-state index in [4.69, 9.17) is 15.2 Å². The number of nitrogens with two attached hydrogens (primary N) is 1. The third-order valence-electron chi connectivity index (χ3n) is 3.36. The predicted octanol–water partition coefficient (Wildman–Crippen LogP) is 3.76. The minimum absolute atomic E-state index is 0.0411. The van der Waals surface area contributed by atoms with Crippen LogP contribution in [0.1, 0.15) is 20.3 Å². The van der Waals surface area contributed by atoms with Crippen molar-refractivity contribution >= 4 is 27.9 Å². The number of aromatic nitrogens is 1. The Morgan fingerprint density at radius 3 is 2.48 bits per heavy atom. The van der Waals surface area contributed by atoms with Crippen molar-refractivity contribution in [3.8, 4) is 17.5 Å². The van der Waals surface area contributed by atoms with Gasteiger partial charge in [-0.3, -0.25) is 4.79 Å². The maximum atomic E-state index is 13.0. The van der Waals surface area contributed by atoms with Crippen molar-refractivity contribution in [3.05, 3.63) is 46.7 Å². The molecule has 0 saturated carbocycles. The molecule has 0 spiro atoms. The van der Waals surface area contributed by atoms with Gasteiger partial charge in [0.25, 0.3) is 0 Å². The average molecular weight is 440 g/mol. The van der Waals surface area contributed by atoms with Crippen LogP contribution < -0.4 is 20.5 Å². The van der Waals surface area contributed by atoms with Gasteiger partial charge in [-0.2, -0.15) is 4.98 Å². The molecule has 7 nitrogen and oxygen atoms in total. The molecule has 2 amide bonds. The highest BCUT2D eigenvalue weighted by molar-refractivity contribution is 9.10. The van der Waals surface area contributed by atoms with Gasteiger partial charge in [-0.05, 0) is 58.6 Å². The van der Waals surface area contributed by atoms with Gasteiger partial charge in [-0.15, -0.1) is 0 Å². The van der Waals surface area contributed by atoms with Crippen LogP contribution in [0.15, 0.2) is 40.9 Å². The standard InChI is InChI=1S/C18H19BrFN3O4/c1-10(2)9-14(16(21)24)22-18(25)27-15-8-7-13(19)17(23-15)26-12-5-3-11(20)4-6-12/h3-8,10,14H,9H2,1-2H3,(H2,21,24)(H,22,25)/t14-/m0/s1. The molecular weight excluding hydrogens is 421 g/mol. The van der Waals surface area contributed by atoms with E-state index in [9.17, 15) is 14.0 Å². The Balaban J connectivity index is 2.07. The minimum atomic E-state index is -0.859. The molecule has 0 aliphatic heterocycles. The van der Waals surface area contributed by atoms with Gasteiger partial charge in [0.15, 0.2) is 0 Å². The Morgan fingerprint density at radius 1 is 1.22 bits per heavy atom. The second kappa shape index (κ2) is 9.31. The Morgan fingerprint density at radius 2 is 1.89 bits per heavy atom. The van der Waals surface area contributed by atoms with Gasteiger partial charge in [0.2, 0.25) is 17.7 Å². The molecule has 0 unspecified atom stereocenters. The summed E-state index contributed by atoms with van der Waals surface area (Å²) < 4.78 is 24.1. The number of rotatable bonds is 7. The van der Waals surface area contributed by atoms with Crippen molar-refractivity contribution in [2.75, 3.05) is 0 Å². The van der Waals surface area contributed by atoms with Gasteiger partial charge in [-0.1, -0.05) is 13.8 Å². The normalized spacial score (nSPS) is 11.7. The first kappa shape index (κ1) is 20.6. The molecule has 27 heavy (non-hydrogen) atoms. The summed E-state index contributed by atoms with van der Waals surface area (Å²) in [6.45, 7) is 3.80. The molecule has 2 aromatic rings. The maximum Gasteiger partial charge on any atom is 0.414 e. The fourth-order valence-corrected chi connectivity index (χ4v) is 2.44. The highest BCUT2D eigenvalue weighted by Crippen LogP contribution is 2.29. The van der Waals surface area contributed by atoms with Gasteiger partial charge in [0.05, 0.1) is 4.47 Å². The molecule has 1 heterocycles. The van der Waals surface area contributed by atoms with E-state index < -0.39 is 23.9 Å². The Bertz CT molecular complexity index is 815. The second-order valence-corrected chi connectivity index (χ2v) is 6.97. The van der Waals surface area contributed by atoms with Crippen molar-refractivity contribution in [3.63, 3.8) is 0 Å². The zero-order chi connectivity index (χ0) is 20.0. The Kier molecular flexibility index (Phi) is 7.12. The van der Waals surface area contributed by atoms with E-state index >= 15 is 0 Å². The predicted molar refractivity (Wildman–Crippen MR) is 100 cm³/mol. The topological polar surface area (TPSA) is 104 Å². The fourth-order valence-electron chi connectivity index (χ4n) is 2.13. The number of nitrogens with zero attached hydrogens (tertiary/aromatic N) is 1. The van der Waals surface area contributed by atoms with Gasteiger partial charge < -0.3 is 20.5 Å². The molecule has 1 aromatic carbocycles. The Hall–Kier alpha value is -2.68. The van der Waals surface area contributed by atoms with Crippen LogP contribution in [-0.4, -0.2) is 23.0 Å². The van der Waals surface area contributed by atoms with Crippen molar-refractivity contribution in [2.24, 2.45) is 11.7 Å². The number of halogens is 2. The number of hydrogen-bond donors (Lipinski definition) is 2. The van der Waals surface area contributed by atoms with E-state index in [-0.39, 0.29) is 17.7 Å². The summed E-state index contributed by atoms with van der Waals surface area (Å²) in [6, 6.07) is 7.55. The number of nitrogens with one attached hydrogen (secondary N) is 1. The lowest BCUT2D eigenvalue weighted by atomic mass is 10.0. The highest BCUT2D eigenvalue weighted by atomic mass is 79.9. The van der Waals surface area contributed by atoms with E-state index in [1.807, 2.05) is 13.8 Å². The molecule has 0 bridgehead atoms. The summed E-state index contributed by atoms with van der Waals surface area (Å²) in [6.07, 6.45) is -0.473. The number of amides is 2. The van der Waals surface area contributed by atoms with Crippen LogP contribution in [0.25, 0.3) is 0 Å². The molecule has 0 aliphatic carbocycles. The lowest BCUT2D eigenvalue weighted by molar-refractivity contribution is -0.120. The average Bonchev–Trinajstić information content (AvgIpc) is 2.58. The molecule has 0 fully saturated rings. The number of carbonyl (C=O) groups excluding carboxylic acids is 2. The van der Waals surface area contributed by atoms with Gasteiger partial charge >= 0.3 is 6.09 Å². The summed E-state index contributed by atoms with van der Waals surface area (Å²) in [5.41, 5.74) is 5.29. The SMILES string of the molecule is CC(C)C[C@H](NC(=O)Oc1ccc(Br)c(Oc2ccc(F)cc2)n1)C(N)=O. The first-order valence-corrected chi connectivity index (χ1v) is 8.91. The third kappa shape index (κ3) is 6.52. The van der Waals surface area contributed by atoms with Crippen LogP contribution >= 0.6 is 15.9 Å². The summed E-state index contributed by atoms with van der Waals surface area (Å²) in [7, 11) is 0. The monoisotopic (exact) mass is 439 g/mol. The first-order chi connectivity index (χ1) is 12.7. The molecule has 9 heteroatoms. The second-order valence-electron chi connectivity index (χ2n) is 6.11. The maximum absolute atomic E-state index is 13.0. The zero-order valence-corrected chi connectivity index (χ0v) is 16.3. The number of carbonyl (C=O) groups is 2. The van der Waals surface area contributed by atoms with Crippen molar-refractivity contribution < 1.29 is 23.5 Å². The molecule has 144 valence electrons.